The second-order valence-corrected chi connectivity index (χ2v) is 11.1. The van der Waals surface area contributed by atoms with E-state index in [9.17, 15) is 14.4 Å². The van der Waals surface area contributed by atoms with E-state index in [0.717, 1.165) is 17.0 Å². The van der Waals surface area contributed by atoms with Gasteiger partial charge in [-0.3, -0.25) is 14.4 Å². The van der Waals surface area contributed by atoms with E-state index < -0.39 is 11.8 Å². The lowest BCUT2D eigenvalue weighted by atomic mass is 10.1. The Morgan fingerprint density at radius 1 is 0.822 bits per heavy atom. The zero-order valence-electron chi connectivity index (χ0n) is 25.2. The molecule has 0 saturated carbocycles. The van der Waals surface area contributed by atoms with Crippen LogP contribution < -0.4 is 29.7 Å². The van der Waals surface area contributed by atoms with Gasteiger partial charge in [-0.25, -0.2) is 0 Å². The van der Waals surface area contributed by atoms with Crippen molar-refractivity contribution in [3.8, 4) is 17.2 Å². The Balaban J connectivity index is 1.36. The molecule has 0 radical (unpaired) electrons. The number of nitrogens with zero attached hydrogens (tertiary/aromatic N) is 1. The fraction of sp³-hybridized carbons (Fsp3) is 0.171. The lowest BCUT2D eigenvalue weighted by Crippen LogP contribution is -2.30. The van der Waals surface area contributed by atoms with Crippen molar-refractivity contribution in [2.45, 2.75) is 11.3 Å². The van der Waals surface area contributed by atoms with E-state index >= 15 is 0 Å². The largest absolute Gasteiger partial charge is 0.496 e. The molecular formula is C35H33N3O6S. The molecule has 0 aliphatic carbocycles. The number of ether oxygens (including phenoxy) is 3. The van der Waals surface area contributed by atoms with Crippen molar-refractivity contribution < 1.29 is 28.6 Å². The molecule has 3 amide bonds. The number of hydrogen-bond donors (Lipinski definition) is 2. The van der Waals surface area contributed by atoms with E-state index in [1.807, 2.05) is 35.2 Å². The number of nitrogens with one attached hydrogen (secondary N) is 2. The third-order valence-electron chi connectivity index (χ3n) is 7.21. The van der Waals surface area contributed by atoms with Gasteiger partial charge in [0.25, 0.3) is 11.8 Å². The molecule has 0 spiro atoms. The minimum Gasteiger partial charge on any atom is -0.496 e. The zero-order chi connectivity index (χ0) is 31.8. The Morgan fingerprint density at radius 2 is 1.53 bits per heavy atom. The summed E-state index contributed by atoms with van der Waals surface area (Å²) >= 11 is 1.39. The van der Waals surface area contributed by atoms with Crippen LogP contribution in [0, 0.1) is 0 Å². The molecule has 4 aromatic rings. The zero-order valence-corrected chi connectivity index (χ0v) is 26.0. The van der Waals surface area contributed by atoms with Crippen LogP contribution in [0.3, 0.4) is 0 Å². The summed E-state index contributed by atoms with van der Waals surface area (Å²) in [6, 6.07) is 27.1. The summed E-state index contributed by atoms with van der Waals surface area (Å²) in [6.07, 6.45) is 2.36. The van der Waals surface area contributed by atoms with Gasteiger partial charge < -0.3 is 29.7 Å². The van der Waals surface area contributed by atoms with E-state index in [4.69, 9.17) is 14.2 Å². The highest BCUT2D eigenvalue weighted by Gasteiger charge is 2.24. The van der Waals surface area contributed by atoms with Crippen LogP contribution in [0.15, 0.2) is 102 Å². The van der Waals surface area contributed by atoms with Crippen LogP contribution in [0.4, 0.5) is 11.4 Å². The highest BCUT2D eigenvalue weighted by atomic mass is 32.2. The van der Waals surface area contributed by atoms with E-state index in [1.54, 1.807) is 60.7 Å². The quantitative estimate of drug-likeness (QED) is 0.161. The van der Waals surface area contributed by atoms with Crippen LogP contribution >= 0.6 is 11.8 Å². The first-order valence-electron chi connectivity index (χ1n) is 14.2. The summed E-state index contributed by atoms with van der Waals surface area (Å²) in [4.78, 5) is 42.5. The summed E-state index contributed by atoms with van der Waals surface area (Å²) in [5, 5.41) is 5.62. The fourth-order valence-corrected chi connectivity index (χ4v) is 5.78. The number of methoxy groups -OCH3 is 3. The predicted octanol–water partition coefficient (Wildman–Crippen LogP) is 5.80. The molecule has 10 heteroatoms. The standard InChI is InChI=1S/C35H33N3O6S/c1-42-30-21-32(44-3)31(43-2)19-25(30)18-28(37-34(40)24-11-5-4-6-12-24)35(41)36-26-13-9-14-27(20-26)45-22-33(39)38-17-16-23-10-7-8-15-29(23)38/h4-15,18-21H,16-17,22H2,1-3H3,(H,36,41)(H,37,40)/b28-18-. The number of carbonyl (C=O) groups is 3. The van der Waals surface area contributed by atoms with Gasteiger partial charge in [-0.05, 0) is 60.5 Å². The molecular weight excluding hydrogens is 590 g/mol. The van der Waals surface area contributed by atoms with Crippen molar-refractivity contribution >= 4 is 46.9 Å². The molecule has 5 rings (SSSR count). The van der Waals surface area contributed by atoms with Gasteiger partial charge in [0.15, 0.2) is 11.5 Å². The van der Waals surface area contributed by atoms with Crippen molar-refractivity contribution in [2.24, 2.45) is 0 Å². The Labute approximate surface area is 266 Å². The monoisotopic (exact) mass is 623 g/mol. The van der Waals surface area contributed by atoms with Crippen molar-refractivity contribution in [3.63, 3.8) is 0 Å². The number of para-hydroxylation sites is 1. The summed E-state index contributed by atoms with van der Waals surface area (Å²) in [7, 11) is 4.52. The third kappa shape index (κ3) is 7.47. The van der Waals surface area contributed by atoms with E-state index in [1.165, 1.54) is 44.7 Å². The summed E-state index contributed by atoms with van der Waals surface area (Å²) in [5.74, 6) is 0.560. The molecule has 1 heterocycles. The molecule has 2 N–H and O–H groups in total. The maximum atomic E-state index is 13.7. The first-order valence-corrected chi connectivity index (χ1v) is 15.2. The van der Waals surface area contributed by atoms with Gasteiger partial charge in [0.05, 0.1) is 27.1 Å². The molecule has 9 nitrogen and oxygen atoms in total. The second kappa shape index (κ2) is 14.5. The number of benzene rings is 4. The molecule has 230 valence electrons. The highest BCUT2D eigenvalue weighted by molar-refractivity contribution is 8.00. The number of thioether (sulfide) groups is 1. The lowest BCUT2D eigenvalue weighted by molar-refractivity contribution is -0.116. The van der Waals surface area contributed by atoms with Crippen LogP contribution in [-0.4, -0.2) is 51.3 Å². The normalized spacial score (nSPS) is 12.2. The van der Waals surface area contributed by atoms with E-state index in [0.29, 0.717) is 40.6 Å². The number of rotatable bonds is 11. The van der Waals surface area contributed by atoms with Gasteiger partial charge in [-0.2, -0.15) is 0 Å². The SMILES string of the molecule is COc1cc(OC)c(OC)cc1/C=C(\NC(=O)c1ccccc1)C(=O)Nc1cccc(SCC(=O)N2CCc3ccccc32)c1. The van der Waals surface area contributed by atoms with Gasteiger partial charge in [0.1, 0.15) is 11.4 Å². The van der Waals surface area contributed by atoms with E-state index in [-0.39, 0.29) is 17.4 Å². The average molecular weight is 624 g/mol. The maximum absolute atomic E-state index is 13.7. The number of carbonyl (C=O) groups excluding carboxylic acids is 3. The van der Waals surface area contributed by atoms with Crippen LogP contribution in [0.25, 0.3) is 6.08 Å². The summed E-state index contributed by atoms with van der Waals surface area (Å²) < 4.78 is 16.4. The first kappa shape index (κ1) is 31.2. The van der Waals surface area contributed by atoms with Crippen molar-refractivity contribution in [1.29, 1.82) is 0 Å². The molecule has 4 aromatic carbocycles. The summed E-state index contributed by atoms with van der Waals surface area (Å²) in [6.45, 7) is 0.670. The number of amides is 3. The number of hydrogen-bond acceptors (Lipinski definition) is 7. The summed E-state index contributed by atoms with van der Waals surface area (Å²) in [5.41, 5.74) is 3.50. The Kier molecular flexibility index (Phi) is 10.1. The van der Waals surface area contributed by atoms with Crippen LogP contribution in [0.1, 0.15) is 21.5 Å². The van der Waals surface area contributed by atoms with Gasteiger partial charge >= 0.3 is 0 Å². The molecule has 45 heavy (non-hydrogen) atoms. The van der Waals surface area contributed by atoms with Crippen molar-refractivity contribution in [2.75, 3.05) is 43.8 Å². The minimum atomic E-state index is -0.553. The lowest BCUT2D eigenvalue weighted by Gasteiger charge is -2.17. The number of anilines is 2. The molecule has 0 fully saturated rings. The smallest absolute Gasteiger partial charge is 0.272 e. The molecule has 0 aromatic heterocycles. The number of fused-ring (bicyclic) bond motifs is 1. The minimum absolute atomic E-state index is 0.0182. The average Bonchev–Trinajstić information content (AvgIpc) is 3.51. The molecule has 0 bridgehead atoms. The second-order valence-electron chi connectivity index (χ2n) is 10.0. The van der Waals surface area contributed by atoms with Crippen molar-refractivity contribution in [3.05, 3.63) is 113 Å². The van der Waals surface area contributed by atoms with Gasteiger partial charge in [-0.15, -0.1) is 11.8 Å². The third-order valence-corrected chi connectivity index (χ3v) is 8.19. The predicted molar refractivity (Wildman–Crippen MR) is 176 cm³/mol. The van der Waals surface area contributed by atoms with Gasteiger partial charge in [-0.1, -0.05) is 42.5 Å². The molecule has 0 atom stereocenters. The van der Waals surface area contributed by atoms with Crippen LogP contribution in [0.5, 0.6) is 17.2 Å². The van der Waals surface area contributed by atoms with E-state index in [2.05, 4.69) is 10.6 Å². The Hall–Kier alpha value is -5.22. The van der Waals surface area contributed by atoms with Gasteiger partial charge in [0, 0.05) is 40.0 Å². The van der Waals surface area contributed by atoms with Crippen LogP contribution in [0.2, 0.25) is 0 Å². The fourth-order valence-electron chi connectivity index (χ4n) is 4.95. The van der Waals surface area contributed by atoms with Gasteiger partial charge in [0.2, 0.25) is 5.91 Å². The van der Waals surface area contributed by atoms with Crippen LogP contribution in [-0.2, 0) is 16.0 Å². The maximum Gasteiger partial charge on any atom is 0.272 e. The Bertz CT molecular complexity index is 1740. The first-order chi connectivity index (χ1) is 21.9. The highest BCUT2D eigenvalue weighted by Crippen LogP contribution is 2.36. The van der Waals surface area contributed by atoms with Crippen molar-refractivity contribution in [1.82, 2.24) is 5.32 Å². The molecule has 0 unspecified atom stereocenters. The topological polar surface area (TPSA) is 106 Å². The molecule has 1 aliphatic heterocycles. The Morgan fingerprint density at radius 3 is 2.29 bits per heavy atom. The molecule has 0 saturated heterocycles. The molecule has 1 aliphatic rings.